The molecule has 4 amide bonds. The number of aryl methyl sites for hydroxylation is 1. The molecule has 0 unspecified atom stereocenters. The van der Waals surface area contributed by atoms with Gasteiger partial charge in [0.25, 0.3) is 0 Å². The first kappa shape index (κ1) is 33.8. The van der Waals surface area contributed by atoms with Crippen molar-refractivity contribution < 1.29 is 18.8 Å². The molecule has 0 radical (unpaired) electrons. The van der Waals surface area contributed by atoms with Crippen LogP contribution < -0.4 is 26.2 Å². The molecule has 0 aliphatic carbocycles. The molecule has 0 bridgehead atoms. The second kappa shape index (κ2) is 15.4. The number of fused-ring (bicyclic) bond motifs is 1. The van der Waals surface area contributed by atoms with E-state index in [0.29, 0.717) is 32.5 Å². The topological polar surface area (TPSA) is 116 Å². The van der Waals surface area contributed by atoms with E-state index >= 15 is 0 Å². The van der Waals surface area contributed by atoms with Crippen molar-refractivity contribution in [1.29, 1.82) is 0 Å². The SMILES string of the molecule is CNC(=O)NCc1ccccc1-c1ccc(CN2C(=O)[C@H](NC(=O)CC(C)(C)NCc3ccco3)CCc3cc(SC)ccc32)cc1. The van der Waals surface area contributed by atoms with Crippen molar-refractivity contribution in [2.75, 3.05) is 18.2 Å². The molecule has 0 saturated heterocycles. The van der Waals surface area contributed by atoms with Gasteiger partial charge >= 0.3 is 6.03 Å². The van der Waals surface area contributed by atoms with E-state index in [1.165, 1.54) is 0 Å². The van der Waals surface area contributed by atoms with E-state index in [2.05, 4.69) is 27.3 Å². The highest BCUT2D eigenvalue weighted by Crippen LogP contribution is 2.33. The van der Waals surface area contributed by atoms with E-state index in [4.69, 9.17) is 4.42 Å². The largest absolute Gasteiger partial charge is 0.468 e. The maximum atomic E-state index is 14.2. The van der Waals surface area contributed by atoms with Gasteiger partial charge in [0, 0.05) is 36.1 Å². The minimum absolute atomic E-state index is 0.120. The van der Waals surface area contributed by atoms with Gasteiger partial charge in [-0.25, -0.2) is 4.79 Å². The zero-order valence-corrected chi connectivity index (χ0v) is 28.2. The molecule has 3 aromatic carbocycles. The van der Waals surface area contributed by atoms with Gasteiger partial charge in [0.15, 0.2) is 0 Å². The number of benzene rings is 3. The summed E-state index contributed by atoms with van der Waals surface area (Å²) in [5.41, 5.74) is 5.49. The monoisotopic (exact) mass is 653 g/mol. The number of carbonyl (C=O) groups excluding carboxylic acids is 3. The fourth-order valence-electron chi connectivity index (χ4n) is 5.82. The van der Waals surface area contributed by atoms with Crippen LogP contribution >= 0.6 is 11.8 Å². The van der Waals surface area contributed by atoms with Crippen molar-refractivity contribution in [3.8, 4) is 11.1 Å². The number of carbonyl (C=O) groups is 3. The molecule has 5 rings (SSSR count). The van der Waals surface area contributed by atoms with Crippen LogP contribution in [-0.4, -0.2) is 42.7 Å². The van der Waals surface area contributed by atoms with E-state index in [9.17, 15) is 14.4 Å². The molecule has 246 valence electrons. The van der Waals surface area contributed by atoms with Crippen LogP contribution in [0.5, 0.6) is 0 Å². The Morgan fingerprint density at radius 1 is 1.00 bits per heavy atom. The standard InChI is InChI=1S/C37H43N5O4S/c1-37(2,40-23-29-9-7-19-46-29)21-34(43)41-32-17-15-27-20-30(47-4)16-18-33(27)42(35(32)44)24-25-11-13-26(14-12-25)31-10-6-5-8-28(31)22-39-36(45)38-3/h5-14,16,18-20,32,40H,15,17,21-24H2,1-4H3,(H,41,43)(H2,38,39,45)/t32-/m1/s1. The summed E-state index contributed by atoms with van der Waals surface area (Å²) in [4.78, 5) is 42.2. The Morgan fingerprint density at radius 2 is 1.79 bits per heavy atom. The van der Waals surface area contributed by atoms with Crippen LogP contribution in [-0.2, 0) is 35.6 Å². The Balaban J connectivity index is 1.33. The summed E-state index contributed by atoms with van der Waals surface area (Å²) in [5, 5.41) is 11.9. The molecular formula is C37H43N5O4S. The maximum absolute atomic E-state index is 14.2. The van der Waals surface area contributed by atoms with Crippen LogP contribution in [0.15, 0.2) is 94.4 Å². The van der Waals surface area contributed by atoms with E-state index < -0.39 is 11.6 Å². The number of nitrogens with one attached hydrogen (secondary N) is 4. The highest BCUT2D eigenvalue weighted by Gasteiger charge is 2.33. The Labute approximate surface area is 280 Å². The van der Waals surface area contributed by atoms with E-state index in [-0.39, 0.29) is 24.3 Å². The summed E-state index contributed by atoms with van der Waals surface area (Å²) in [5.74, 6) is 0.501. The maximum Gasteiger partial charge on any atom is 0.314 e. The third-order valence-corrected chi connectivity index (χ3v) is 9.12. The van der Waals surface area contributed by atoms with Crippen LogP contribution in [0.2, 0.25) is 0 Å². The molecule has 2 heterocycles. The number of rotatable bonds is 12. The molecule has 0 saturated carbocycles. The van der Waals surface area contributed by atoms with E-state index in [0.717, 1.165) is 44.2 Å². The van der Waals surface area contributed by atoms with Crippen LogP contribution in [0.4, 0.5) is 10.5 Å². The predicted molar refractivity (Wildman–Crippen MR) is 187 cm³/mol. The van der Waals surface area contributed by atoms with Gasteiger partial charge in [0.1, 0.15) is 11.8 Å². The smallest absolute Gasteiger partial charge is 0.314 e. The number of hydrogen-bond acceptors (Lipinski definition) is 6. The summed E-state index contributed by atoms with van der Waals surface area (Å²) in [7, 11) is 1.59. The average molecular weight is 654 g/mol. The van der Waals surface area contributed by atoms with Crippen LogP contribution in [0.25, 0.3) is 11.1 Å². The summed E-state index contributed by atoms with van der Waals surface area (Å²) in [6, 6.07) is 25.2. The molecule has 1 aliphatic heterocycles. The molecule has 0 fully saturated rings. The summed E-state index contributed by atoms with van der Waals surface area (Å²) in [6.07, 6.45) is 5.08. The third kappa shape index (κ3) is 8.84. The van der Waals surface area contributed by atoms with Crippen LogP contribution in [0, 0.1) is 0 Å². The van der Waals surface area contributed by atoms with Gasteiger partial charge in [0.2, 0.25) is 11.8 Å². The average Bonchev–Trinajstić information content (AvgIpc) is 3.57. The highest BCUT2D eigenvalue weighted by atomic mass is 32.2. The Morgan fingerprint density at radius 3 is 2.51 bits per heavy atom. The number of hydrogen-bond donors (Lipinski definition) is 4. The lowest BCUT2D eigenvalue weighted by Gasteiger charge is -2.29. The molecule has 1 aliphatic rings. The minimum atomic E-state index is -0.646. The second-order valence-electron chi connectivity index (χ2n) is 12.4. The van der Waals surface area contributed by atoms with Gasteiger partial charge in [-0.05, 0) is 91.1 Å². The molecule has 9 nitrogen and oxygen atoms in total. The quantitative estimate of drug-likeness (QED) is 0.139. The first-order chi connectivity index (χ1) is 22.7. The van der Waals surface area contributed by atoms with Crippen molar-refractivity contribution in [2.45, 2.75) is 69.2 Å². The Kier molecular flexibility index (Phi) is 11.1. The van der Waals surface area contributed by atoms with Gasteiger partial charge in [-0.15, -0.1) is 11.8 Å². The lowest BCUT2D eigenvalue weighted by molar-refractivity contribution is -0.128. The van der Waals surface area contributed by atoms with Crippen molar-refractivity contribution in [1.82, 2.24) is 21.3 Å². The molecule has 1 aromatic heterocycles. The van der Waals surface area contributed by atoms with E-state index in [1.807, 2.05) is 97.8 Å². The van der Waals surface area contributed by atoms with E-state index in [1.54, 1.807) is 25.1 Å². The minimum Gasteiger partial charge on any atom is -0.468 e. The molecular weight excluding hydrogens is 611 g/mol. The Bertz CT molecular complexity index is 1690. The number of urea groups is 1. The number of amides is 4. The second-order valence-corrected chi connectivity index (χ2v) is 13.2. The predicted octanol–water partition coefficient (Wildman–Crippen LogP) is 6.02. The summed E-state index contributed by atoms with van der Waals surface area (Å²) in [6.45, 7) is 5.22. The zero-order chi connectivity index (χ0) is 33.4. The molecule has 47 heavy (non-hydrogen) atoms. The van der Waals surface area contributed by atoms with Crippen molar-refractivity contribution in [3.05, 3.63) is 108 Å². The number of anilines is 1. The normalized spacial score (nSPS) is 14.7. The van der Waals surface area contributed by atoms with Crippen molar-refractivity contribution in [2.24, 2.45) is 0 Å². The summed E-state index contributed by atoms with van der Waals surface area (Å²) >= 11 is 1.67. The van der Waals surface area contributed by atoms with Crippen molar-refractivity contribution >= 4 is 35.3 Å². The van der Waals surface area contributed by atoms with Crippen LogP contribution in [0.3, 0.4) is 0 Å². The molecule has 4 aromatic rings. The van der Waals surface area contributed by atoms with Gasteiger partial charge in [-0.1, -0.05) is 48.5 Å². The molecule has 4 N–H and O–H groups in total. The number of thioether (sulfide) groups is 1. The number of furan rings is 1. The fraction of sp³-hybridized carbons (Fsp3) is 0.324. The Hall–Kier alpha value is -4.54. The first-order valence-corrected chi connectivity index (χ1v) is 17.1. The molecule has 10 heteroatoms. The number of nitrogens with zero attached hydrogens (tertiary/aromatic N) is 1. The lowest BCUT2D eigenvalue weighted by atomic mass is 9.98. The molecule has 0 spiro atoms. The van der Waals surface area contributed by atoms with Gasteiger partial charge in [-0.2, -0.15) is 0 Å². The van der Waals surface area contributed by atoms with Crippen LogP contribution in [0.1, 0.15) is 49.1 Å². The van der Waals surface area contributed by atoms with Gasteiger partial charge < -0.3 is 30.6 Å². The third-order valence-electron chi connectivity index (χ3n) is 8.39. The zero-order valence-electron chi connectivity index (χ0n) is 27.4. The van der Waals surface area contributed by atoms with Gasteiger partial charge in [-0.3, -0.25) is 9.59 Å². The fourth-order valence-corrected chi connectivity index (χ4v) is 6.28. The highest BCUT2D eigenvalue weighted by molar-refractivity contribution is 7.98. The molecule has 1 atom stereocenters. The van der Waals surface area contributed by atoms with Crippen molar-refractivity contribution in [3.63, 3.8) is 0 Å². The van der Waals surface area contributed by atoms with Gasteiger partial charge in [0.05, 0.1) is 19.4 Å². The summed E-state index contributed by atoms with van der Waals surface area (Å²) < 4.78 is 5.42. The lowest BCUT2D eigenvalue weighted by Crippen LogP contribution is -2.50. The first-order valence-electron chi connectivity index (χ1n) is 15.8.